The number of benzene rings is 1. The maximum Gasteiger partial charge on any atom is 0.275 e. The average molecular weight is 358 g/mol. The predicted octanol–water partition coefficient (Wildman–Crippen LogP) is 3.66. The molecule has 2 heterocycles. The molecule has 0 radical (unpaired) electrons. The van der Waals surface area contributed by atoms with Crippen LogP contribution >= 0.6 is 22.9 Å². The van der Waals surface area contributed by atoms with Crippen LogP contribution in [0.3, 0.4) is 0 Å². The summed E-state index contributed by atoms with van der Waals surface area (Å²) in [6.07, 6.45) is 3.58. The standard InChI is InChI=1S/C17H18N4OS2/c1-13(7-8-14-5-3-2-4-6-14)21(11-16-18-9-10-23-16)17(22)15-12-24-20-19-15/h2-6,9-10,12-13H,7-8,11H2,1H3/t13-/m0/s1. The molecule has 0 spiro atoms. The maximum absolute atomic E-state index is 12.8. The summed E-state index contributed by atoms with van der Waals surface area (Å²) in [5.74, 6) is -0.0838. The molecule has 0 fully saturated rings. The van der Waals surface area contributed by atoms with Crippen LogP contribution in [0.25, 0.3) is 0 Å². The number of aromatic nitrogens is 3. The molecule has 5 nitrogen and oxygen atoms in total. The van der Waals surface area contributed by atoms with Crippen LogP contribution in [0.4, 0.5) is 0 Å². The van der Waals surface area contributed by atoms with Crippen molar-refractivity contribution >= 4 is 28.8 Å². The van der Waals surface area contributed by atoms with Gasteiger partial charge in [0.2, 0.25) is 0 Å². The molecule has 1 atom stereocenters. The van der Waals surface area contributed by atoms with E-state index in [1.807, 2.05) is 28.5 Å². The number of rotatable bonds is 7. The summed E-state index contributed by atoms with van der Waals surface area (Å²) in [5, 5.41) is 8.48. The van der Waals surface area contributed by atoms with Crippen molar-refractivity contribution in [2.75, 3.05) is 0 Å². The fourth-order valence-electron chi connectivity index (χ4n) is 2.49. The van der Waals surface area contributed by atoms with Gasteiger partial charge in [-0.1, -0.05) is 34.8 Å². The van der Waals surface area contributed by atoms with Gasteiger partial charge < -0.3 is 4.90 Å². The zero-order chi connectivity index (χ0) is 16.8. The Morgan fingerprint density at radius 3 is 2.79 bits per heavy atom. The summed E-state index contributed by atoms with van der Waals surface area (Å²) >= 11 is 2.75. The van der Waals surface area contributed by atoms with Gasteiger partial charge in [-0.25, -0.2) is 4.98 Å². The van der Waals surface area contributed by atoms with E-state index in [1.54, 1.807) is 22.9 Å². The number of nitrogens with zero attached hydrogens (tertiary/aromatic N) is 4. The van der Waals surface area contributed by atoms with Crippen LogP contribution in [0.5, 0.6) is 0 Å². The van der Waals surface area contributed by atoms with Crippen LogP contribution in [0, 0.1) is 0 Å². The predicted molar refractivity (Wildman–Crippen MR) is 96.1 cm³/mol. The first kappa shape index (κ1) is 16.7. The van der Waals surface area contributed by atoms with Gasteiger partial charge in [0, 0.05) is 23.0 Å². The van der Waals surface area contributed by atoms with Gasteiger partial charge in [-0.3, -0.25) is 4.79 Å². The van der Waals surface area contributed by atoms with E-state index in [0.29, 0.717) is 12.2 Å². The normalized spacial score (nSPS) is 12.0. The highest BCUT2D eigenvalue weighted by molar-refractivity contribution is 7.09. The molecule has 0 aliphatic rings. The van der Waals surface area contributed by atoms with Gasteiger partial charge >= 0.3 is 0 Å². The highest BCUT2D eigenvalue weighted by Gasteiger charge is 2.24. The Kier molecular flexibility index (Phi) is 5.66. The molecule has 0 N–H and O–H groups in total. The van der Waals surface area contributed by atoms with Crippen LogP contribution in [-0.2, 0) is 13.0 Å². The van der Waals surface area contributed by atoms with Crippen molar-refractivity contribution < 1.29 is 4.79 Å². The van der Waals surface area contributed by atoms with Gasteiger partial charge in [0.15, 0.2) is 5.69 Å². The molecule has 1 amide bonds. The van der Waals surface area contributed by atoms with Gasteiger partial charge in [0.25, 0.3) is 5.91 Å². The quantitative estimate of drug-likeness (QED) is 0.647. The number of hydrogen-bond acceptors (Lipinski definition) is 6. The summed E-state index contributed by atoms with van der Waals surface area (Å²) in [6.45, 7) is 2.58. The number of aryl methyl sites for hydroxylation is 1. The van der Waals surface area contributed by atoms with Crippen molar-refractivity contribution in [3.05, 3.63) is 63.6 Å². The van der Waals surface area contributed by atoms with Gasteiger partial charge in [0.1, 0.15) is 5.01 Å². The smallest absolute Gasteiger partial charge is 0.275 e. The molecule has 0 unspecified atom stereocenters. The lowest BCUT2D eigenvalue weighted by Gasteiger charge is -2.28. The minimum absolute atomic E-state index is 0.0838. The summed E-state index contributed by atoms with van der Waals surface area (Å²) in [5.41, 5.74) is 1.68. The zero-order valence-corrected chi connectivity index (χ0v) is 15.0. The SMILES string of the molecule is C[C@@H](CCc1ccccc1)N(Cc1nccs1)C(=O)c1csnn1. The lowest BCUT2D eigenvalue weighted by Crippen LogP contribution is -2.38. The Labute approximate surface area is 149 Å². The highest BCUT2D eigenvalue weighted by atomic mass is 32.1. The average Bonchev–Trinajstić information content (AvgIpc) is 3.31. The van der Waals surface area contributed by atoms with Crippen LogP contribution in [0.1, 0.15) is 34.4 Å². The topological polar surface area (TPSA) is 59.0 Å². The van der Waals surface area contributed by atoms with E-state index in [2.05, 4.69) is 33.6 Å². The van der Waals surface area contributed by atoms with E-state index in [-0.39, 0.29) is 11.9 Å². The molecule has 0 bridgehead atoms. The largest absolute Gasteiger partial charge is 0.328 e. The maximum atomic E-state index is 12.8. The molecule has 0 aliphatic carbocycles. The minimum Gasteiger partial charge on any atom is -0.328 e. The van der Waals surface area contributed by atoms with E-state index in [0.717, 1.165) is 17.8 Å². The summed E-state index contributed by atoms with van der Waals surface area (Å²) in [4.78, 5) is 18.9. The van der Waals surface area contributed by atoms with Gasteiger partial charge in [-0.05, 0) is 36.9 Å². The first-order chi connectivity index (χ1) is 11.7. The molecule has 0 aliphatic heterocycles. The monoisotopic (exact) mass is 358 g/mol. The van der Waals surface area contributed by atoms with E-state index < -0.39 is 0 Å². The van der Waals surface area contributed by atoms with Gasteiger partial charge in [-0.2, -0.15) is 0 Å². The Morgan fingerprint density at radius 2 is 2.12 bits per heavy atom. The van der Waals surface area contributed by atoms with Crippen molar-refractivity contribution in [3.63, 3.8) is 0 Å². The number of amides is 1. The first-order valence-corrected chi connectivity index (χ1v) is 9.46. The molecule has 2 aromatic heterocycles. The number of carbonyl (C=O) groups is 1. The third-order valence-corrected chi connectivity index (χ3v) is 5.12. The summed E-state index contributed by atoms with van der Waals surface area (Å²) in [7, 11) is 0. The molecule has 0 saturated carbocycles. The van der Waals surface area contributed by atoms with Crippen LogP contribution in [0.15, 0.2) is 47.3 Å². The molecule has 7 heteroatoms. The molecule has 3 rings (SSSR count). The van der Waals surface area contributed by atoms with E-state index in [4.69, 9.17) is 0 Å². The van der Waals surface area contributed by atoms with Gasteiger partial charge in [-0.15, -0.1) is 16.4 Å². The summed E-state index contributed by atoms with van der Waals surface area (Å²) < 4.78 is 3.81. The Balaban J connectivity index is 1.71. The molecule has 1 aromatic carbocycles. The second-order valence-corrected chi connectivity index (χ2v) is 7.11. The Hall–Kier alpha value is -2.12. The van der Waals surface area contributed by atoms with Crippen molar-refractivity contribution in [1.29, 1.82) is 0 Å². The van der Waals surface area contributed by atoms with Crippen molar-refractivity contribution in [2.24, 2.45) is 0 Å². The van der Waals surface area contributed by atoms with Crippen molar-refractivity contribution in [3.8, 4) is 0 Å². The number of hydrogen-bond donors (Lipinski definition) is 0. The van der Waals surface area contributed by atoms with E-state index in [9.17, 15) is 4.79 Å². The van der Waals surface area contributed by atoms with Gasteiger partial charge in [0.05, 0.1) is 6.54 Å². The fourth-order valence-corrected chi connectivity index (χ4v) is 3.53. The Bertz CT molecular complexity index is 744. The fraction of sp³-hybridized carbons (Fsp3) is 0.294. The second-order valence-electron chi connectivity index (χ2n) is 5.52. The highest BCUT2D eigenvalue weighted by Crippen LogP contribution is 2.18. The first-order valence-electron chi connectivity index (χ1n) is 7.74. The van der Waals surface area contributed by atoms with E-state index in [1.165, 1.54) is 17.1 Å². The minimum atomic E-state index is -0.0838. The molecular weight excluding hydrogens is 340 g/mol. The number of carbonyl (C=O) groups excluding carboxylic acids is 1. The summed E-state index contributed by atoms with van der Waals surface area (Å²) in [6, 6.07) is 10.4. The molecule has 3 aromatic rings. The second kappa shape index (κ2) is 8.12. The van der Waals surface area contributed by atoms with Crippen LogP contribution in [-0.4, -0.2) is 31.4 Å². The Morgan fingerprint density at radius 1 is 1.29 bits per heavy atom. The van der Waals surface area contributed by atoms with Crippen molar-refractivity contribution in [1.82, 2.24) is 19.5 Å². The van der Waals surface area contributed by atoms with Crippen LogP contribution in [0.2, 0.25) is 0 Å². The van der Waals surface area contributed by atoms with E-state index >= 15 is 0 Å². The van der Waals surface area contributed by atoms with Crippen molar-refractivity contribution in [2.45, 2.75) is 32.4 Å². The molecular formula is C17H18N4OS2. The van der Waals surface area contributed by atoms with Crippen LogP contribution < -0.4 is 0 Å². The zero-order valence-electron chi connectivity index (χ0n) is 13.3. The lowest BCUT2D eigenvalue weighted by atomic mass is 10.0. The third kappa shape index (κ3) is 4.24. The third-order valence-electron chi connectivity index (χ3n) is 3.85. The molecule has 0 saturated heterocycles. The molecule has 24 heavy (non-hydrogen) atoms. The molecule has 124 valence electrons. The number of thiazole rings is 1. The lowest BCUT2D eigenvalue weighted by molar-refractivity contribution is 0.0661.